The van der Waals surface area contributed by atoms with Gasteiger partial charge in [0.25, 0.3) is 5.91 Å². The van der Waals surface area contributed by atoms with Crippen LogP contribution >= 0.6 is 11.6 Å². The molecule has 1 amide bonds. The third kappa shape index (κ3) is 4.03. The van der Waals surface area contributed by atoms with Crippen LogP contribution in [-0.2, 0) is 0 Å². The van der Waals surface area contributed by atoms with Crippen molar-refractivity contribution in [1.82, 2.24) is 20.3 Å². The Morgan fingerprint density at radius 3 is 2.50 bits per heavy atom. The van der Waals surface area contributed by atoms with Gasteiger partial charge in [-0.1, -0.05) is 17.7 Å². The van der Waals surface area contributed by atoms with Crippen molar-refractivity contribution in [2.24, 2.45) is 0 Å². The van der Waals surface area contributed by atoms with Gasteiger partial charge in [-0.2, -0.15) is 0 Å². The molecule has 3 rings (SSSR count). The van der Waals surface area contributed by atoms with Gasteiger partial charge in [0.15, 0.2) is 0 Å². The van der Waals surface area contributed by atoms with Gasteiger partial charge in [0, 0.05) is 37.3 Å². The van der Waals surface area contributed by atoms with Crippen LogP contribution in [0.25, 0.3) is 0 Å². The topological polar surface area (TPSA) is 67.8 Å². The molecular formula is C19H16ClFN4O. The fraction of sp³-hybridized carbons (Fsp3) is 0.158. The summed E-state index contributed by atoms with van der Waals surface area (Å²) in [5, 5.41) is 2.82. The molecule has 0 fully saturated rings. The summed E-state index contributed by atoms with van der Waals surface area (Å²) in [6.07, 6.45) is 6.78. The number of nitrogens with one attached hydrogen (secondary N) is 1. The Morgan fingerprint density at radius 1 is 1.15 bits per heavy atom. The Labute approximate surface area is 155 Å². The van der Waals surface area contributed by atoms with Crippen molar-refractivity contribution in [1.29, 1.82) is 0 Å². The number of benzene rings is 1. The molecule has 1 aromatic carbocycles. The van der Waals surface area contributed by atoms with Crippen molar-refractivity contribution >= 4 is 17.5 Å². The maximum absolute atomic E-state index is 13.9. The molecular weight excluding hydrogens is 355 g/mol. The van der Waals surface area contributed by atoms with Gasteiger partial charge in [0.05, 0.1) is 10.6 Å². The Kier molecular flexibility index (Phi) is 5.53. The zero-order valence-electron chi connectivity index (χ0n) is 14.0. The standard InChI is InChI=1S/C19H16ClFN4O/c1-12-23-9-14(10-24-12)15(13-5-7-22-8-6-13)11-25-19(26)18-16(20)3-2-4-17(18)21/h2-10,15H,11H2,1H3,(H,25,26). The van der Waals surface area contributed by atoms with Crippen LogP contribution in [0.4, 0.5) is 4.39 Å². The van der Waals surface area contributed by atoms with E-state index in [0.717, 1.165) is 11.1 Å². The predicted octanol–water partition coefficient (Wildman–Crippen LogP) is 3.53. The normalized spacial score (nSPS) is 11.8. The van der Waals surface area contributed by atoms with Crippen LogP contribution < -0.4 is 5.32 Å². The highest BCUT2D eigenvalue weighted by Gasteiger charge is 2.20. The van der Waals surface area contributed by atoms with Crippen molar-refractivity contribution in [3.8, 4) is 0 Å². The van der Waals surface area contributed by atoms with E-state index in [1.165, 1.54) is 18.2 Å². The monoisotopic (exact) mass is 370 g/mol. The molecule has 5 nitrogen and oxygen atoms in total. The van der Waals surface area contributed by atoms with E-state index in [1.807, 2.05) is 12.1 Å². The van der Waals surface area contributed by atoms with E-state index < -0.39 is 11.7 Å². The van der Waals surface area contributed by atoms with Crippen molar-refractivity contribution in [2.75, 3.05) is 6.54 Å². The number of pyridine rings is 1. The number of rotatable bonds is 5. The van der Waals surface area contributed by atoms with Crippen molar-refractivity contribution in [3.63, 3.8) is 0 Å². The summed E-state index contributed by atoms with van der Waals surface area (Å²) in [5.74, 6) is -0.771. The van der Waals surface area contributed by atoms with Gasteiger partial charge in [0.2, 0.25) is 0 Å². The predicted molar refractivity (Wildman–Crippen MR) is 96.6 cm³/mol. The number of carbonyl (C=O) groups excluding carboxylic acids is 1. The second kappa shape index (κ2) is 8.01. The molecule has 0 bridgehead atoms. The highest BCUT2D eigenvalue weighted by Crippen LogP contribution is 2.23. The molecule has 0 aliphatic carbocycles. The van der Waals surface area contributed by atoms with E-state index in [4.69, 9.17) is 11.6 Å². The molecule has 0 aliphatic heterocycles. The van der Waals surface area contributed by atoms with Crippen LogP contribution in [-0.4, -0.2) is 27.4 Å². The number of nitrogens with zero attached hydrogens (tertiary/aromatic N) is 3. The molecule has 1 unspecified atom stereocenters. The fourth-order valence-electron chi connectivity index (χ4n) is 2.60. The van der Waals surface area contributed by atoms with Crippen molar-refractivity contribution in [2.45, 2.75) is 12.8 Å². The first-order chi connectivity index (χ1) is 12.6. The summed E-state index contributed by atoms with van der Waals surface area (Å²) in [4.78, 5) is 24.9. The number of aromatic nitrogens is 3. The molecule has 0 saturated carbocycles. The van der Waals surface area contributed by atoms with Crippen LogP contribution in [0.3, 0.4) is 0 Å². The van der Waals surface area contributed by atoms with E-state index in [2.05, 4.69) is 20.3 Å². The summed E-state index contributed by atoms with van der Waals surface area (Å²) in [6, 6.07) is 7.85. The van der Waals surface area contributed by atoms with Crippen LogP contribution in [0.2, 0.25) is 5.02 Å². The molecule has 26 heavy (non-hydrogen) atoms. The SMILES string of the molecule is Cc1ncc(C(CNC(=O)c2c(F)cccc2Cl)c2ccncc2)cn1. The lowest BCUT2D eigenvalue weighted by Crippen LogP contribution is -2.30. The smallest absolute Gasteiger partial charge is 0.255 e. The zero-order chi connectivity index (χ0) is 18.5. The summed E-state index contributed by atoms with van der Waals surface area (Å²) in [7, 11) is 0. The molecule has 7 heteroatoms. The Balaban J connectivity index is 1.85. The minimum Gasteiger partial charge on any atom is -0.351 e. The Hall–Kier alpha value is -2.86. The van der Waals surface area contributed by atoms with Gasteiger partial charge >= 0.3 is 0 Å². The van der Waals surface area contributed by atoms with E-state index in [1.54, 1.807) is 31.7 Å². The number of aryl methyl sites for hydroxylation is 1. The molecule has 3 aromatic rings. The third-order valence-electron chi connectivity index (χ3n) is 3.97. The van der Waals surface area contributed by atoms with Crippen LogP contribution in [0.15, 0.2) is 55.1 Å². The van der Waals surface area contributed by atoms with E-state index in [9.17, 15) is 9.18 Å². The fourth-order valence-corrected chi connectivity index (χ4v) is 2.85. The maximum Gasteiger partial charge on any atom is 0.255 e. The number of hydrogen-bond acceptors (Lipinski definition) is 4. The summed E-state index contributed by atoms with van der Waals surface area (Å²) < 4.78 is 13.9. The first kappa shape index (κ1) is 17.9. The number of amides is 1. The van der Waals surface area contributed by atoms with Crippen molar-refractivity contribution < 1.29 is 9.18 Å². The lowest BCUT2D eigenvalue weighted by atomic mass is 9.94. The minimum absolute atomic E-state index is 0.0710. The highest BCUT2D eigenvalue weighted by atomic mass is 35.5. The average Bonchev–Trinajstić information content (AvgIpc) is 2.64. The molecule has 2 aromatic heterocycles. The largest absolute Gasteiger partial charge is 0.351 e. The third-order valence-corrected chi connectivity index (χ3v) is 4.28. The number of halogens is 2. The van der Waals surface area contributed by atoms with E-state index in [0.29, 0.717) is 5.82 Å². The minimum atomic E-state index is -0.658. The Morgan fingerprint density at radius 2 is 1.85 bits per heavy atom. The summed E-state index contributed by atoms with van der Waals surface area (Å²) in [6.45, 7) is 2.03. The zero-order valence-corrected chi connectivity index (χ0v) is 14.7. The lowest BCUT2D eigenvalue weighted by molar-refractivity contribution is 0.0948. The average molecular weight is 371 g/mol. The van der Waals surface area contributed by atoms with Gasteiger partial charge in [-0.25, -0.2) is 14.4 Å². The van der Waals surface area contributed by atoms with Gasteiger partial charge < -0.3 is 5.32 Å². The quantitative estimate of drug-likeness (QED) is 0.746. The van der Waals surface area contributed by atoms with E-state index in [-0.39, 0.29) is 23.0 Å². The molecule has 0 saturated heterocycles. The molecule has 0 spiro atoms. The molecule has 1 N–H and O–H groups in total. The second-order valence-corrected chi connectivity index (χ2v) is 6.11. The van der Waals surface area contributed by atoms with Gasteiger partial charge in [-0.3, -0.25) is 9.78 Å². The summed E-state index contributed by atoms with van der Waals surface area (Å²) >= 11 is 5.96. The van der Waals surface area contributed by atoms with Gasteiger partial charge in [0.1, 0.15) is 11.6 Å². The molecule has 0 radical (unpaired) electrons. The molecule has 132 valence electrons. The van der Waals surface area contributed by atoms with Gasteiger partial charge in [-0.05, 0) is 42.3 Å². The molecule has 0 aliphatic rings. The van der Waals surface area contributed by atoms with Crippen LogP contribution in [0.5, 0.6) is 0 Å². The maximum atomic E-state index is 13.9. The first-order valence-corrected chi connectivity index (χ1v) is 8.34. The first-order valence-electron chi connectivity index (χ1n) is 7.97. The molecule has 2 heterocycles. The highest BCUT2D eigenvalue weighted by molar-refractivity contribution is 6.33. The summed E-state index contributed by atoms with van der Waals surface area (Å²) in [5.41, 5.74) is 1.61. The Bertz CT molecular complexity index is 883. The second-order valence-electron chi connectivity index (χ2n) is 5.70. The van der Waals surface area contributed by atoms with E-state index >= 15 is 0 Å². The van der Waals surface area contributed by atoms with Crippen molar-refractivity contribution in [3.05, 3.63) is 88.5 Å². The van der Waals surface area contributed by atoms with Gasteiger partial charge in [-0.15, -0.1) is 0 Å². The molecule has 1 atom stereocenters. The van der Waals surface area contributed by atoms with Crippen LogP contribution in [0, 0.1) is 12.7 Å². The number of hydrogen-bond donors (Lipinski definition) is 1. The lowest BCUT2D eigenvalue weighted by Gasteiger charge is -2.18. The number of carbonyl (C=O) groups is 1. The van der Waals surface area contributed by atoms with Crippen LogP contribution in [0.1, 0.15) is 33.2 Å².